The van der Waals surface area contributed by atoms with Gasteiger partial charge in [0.1, 0.15) is 0 Å². The highest BCUT2D eigenvalue weighted by Crippen LogP contribution is 2.25. The second kappa shape index (κ2) is 5.40. The lowest BCUT2D eigenvalue weighted by molar-refractivity contribution is 0.301. The van der Waals surface area contributed by atoms with Gasteiger partial charge in [0, 0.05) is 15.5 Å². The molecule has 7 heteroatoms. The Bertz CT molecular complexity index is 447. The molecule has 4 nitrogen and oxygen atoms in total. The van der Waals surface area contributed by atoms with Gasteiger partial charge in [0.05, 0.1) is 11.5 Å². The van der Waals surface area contributed by atoms with E-state index in [9.17, 15) is 8.42 Å². The summed E-state index contributed by atoms with van der Waals surface area (Å²) in [6.07, 6.45) is 0. The predicted molar refractivity (Wildman–Crippen MR) is 64.1 cm³/mol. The maximum Gasteiger partial charge on any atom is 0.241 e. The number of rotatable bonds is 4. The lowest BCUT2D eigenvalue weighted by Gasteiger charge is -2.07. The van der Waals surface area contributed by atoms with Gasteiger partial charge in [-0.2, -0.15) is 0 Å². The van der Waals surface area contributed by atoms with Crippen molar-refractivity contribution in [3.63, 3.8) is 0 Å². The Hall–Kier alpha value is 0.0500. The van der Waals surface area contributed by atoms with E-state index in [2.05, 4.69) is 36.6 Å². The van der Waals surface area contributed by atoms with Gasteiger partial charge in [-0.1, -0.05) is 15.9 Å². The molecule has 0 spiro atoms. The average Bonchev–Trinajstić information content (AvgIpc) is 2.18. The number of benzene rings is 1. The van der Waals surface area contributed by atoms with E-state index in [-0.39, 0.29) is 18.0 Å². The molecule has 1 rings (SSSR count). The first-order valence-corrected chi connectivity index (χ1v) is 7.10. The molecule has 0 aliphatic heterocycles. The molecule has 0 unspecified atom stereocenters. The van der Waals surface area contributed by atoms with E-state index in [1.54, 1.807) is 12.1 Å². The van der Waals surface area contributed by atoms with Gasteiger partial charge < -0.3 is 5.11 Å². The molecule has 15 heavy (non-hydrogen) atoms. The smallest absolute Gasteiger partial charge is 0.241 e. The molecule has 1 aromatic rings. The van der Waals surface area contributed by atoms with Crippen molar-refractivity contribution in [2.75, 3.05) is 13.2 Å². The molecule has 2 N–H and O–H groups in total. The standard InChI is InChI=1S/C8H9Br2NO3S/c9-6-1-2-7(10)8(5-6)15(13,14)11-3-4-12/h1-2,5,11-12H,3-4H2. The molecule has 0 aliphatic rings. The van der Waals surface area contributed by atoms with Gasteiger partial charge in [-0.05, 0) is 34.1 Å². The van der Waals surface area contributed by atoms with Crippen LogP contribution in [0.4, 0.5) is 0 Å². The third-order valence-corrected chi connectivity index (χ3v) is 4.53. The minimum Gasteiger partial charge on any atom is -0.395 e. The third-order valence-electron chi connectivity index (χ3n) is 1.59. The highest BCUT2D eigenvalue weighted by atomic mass is 79.9. The zero-order valence-corrected chi connectivity index (χ0v) is 11.6. The highest BCUT2D eigenvalue weighted by molar-refractivity contribution is 9.11. The molecule has 1 aromatic carbocycles. The van der Waals surface area contributed by atoms with Crippen molar-refractivity contribution >= 4 is 41.9 Å². The van der Waals surface area contributed by atoms with E-state index in [1.165, 1.54) is 6.07 Å². The first-order chi connectivity index (χ1) is 6.97. The Morgan fingerprint density at radius 3 is 2.60 bits per heavy atom. The Labute approximate surface area is 105 Å². The summed E-state index contributed by atoms with van der Waals surface area (Å²) in [4.78, 5) is 0.144. The molecule has 0 atom stereocenters. The maximum atomic E-state index is 11.7. The summed E-state index contributed by atoms with van der Waals surface area (Å²) in [5.41, 5.74) is 0. The molecule has 0 aromatic heterocycles. The molecule has 0 radical (unpaired) electrons. The number of aliphatic hydroxyl groups is 1. The van der Waals surface area contributed by atoms with Crippen LogP contribution in [-0.2, 0) is 10.0 Å². The molecule has 0 fully saturated rings. The van der Waals surface area contributed by atoms with Crippen LogP contribution in [0.2, 0.25) is 0 Å². The molecule has 0 aliphatic carbocycles. The van der Waals surface area contributed by atoms with Crippen molar-refractivity contribution in [1.29, 1.82) is 0 Å². The summed E-state index contributed by atoms with van der Waals surface area (Å²) in [6.45, 7) is -0.230. The fraction of sp³-hybridized carbons (Fsp3) is 0.250. The number of halogens is 2. The van der Waals surface area contributed by atoms with Crippen molar-refractivity contribution in [2.45, 2.75) is 4.90 Å². The molecular weight excluding hydrogens is 350 g/mol. The third kappa shape index (κ3) is 3.53. The summed E-state index contributed by atoms with van der Waals surface area (Å²) in [7, 11) is -3.56. The van der Waals surface area contributed by atoms with E-state index >= 15 is 0 Å². The number of nitrogens with one attached hydrogen (secondary N) is 1. The SMILES string of the molecule is O=S(=O)(NCCO)c1cc(Br)ccc1Br. The Morgan fingerprint density at radius 2 is 2.00 bits per heavy atom. The van der Waals surface area contributed by atoms with Crippen molar-refractivity contribution in [2.24, 2.45) is 0 Å². The maximum absolute atomic E-state index is 11.7. The molecule has 0 bridgehead atoms. The van der Waals surface area contributed by atoms with Crippen LogP contribution < -0.4 is 4.72 Å². The van der Waals surface area contributed by atoms with Gasteiger partial charge in [0.25, 0.3) is 0 Å². The number of aliphatic hydroxyl groups excluding tert-OH is 1. The number of sulfonamides is 1. The average molecular weight is 359 g/mol. The normalized spacial score (nSPS) is 11.7. The van der Waals surface area contributed by atoms with Crippen LogP contribution in [0.3, 0.4) is 0 Å². The van der Waals surface area contributed by atoms with E-state index < -0.39 is 10.0 Å². The quantitative estimate of drug-likeness (QED) is 0.856. The van der Waals surface area contributed by atoms with Crippen LogP contribution in [0.15, 0.2) is 32.0 Å². The van der Waals surface area contributed by atoms with E-state index in [4.69, 9.17) is 5.11 Å². The van der Waals surface area contributed by atoms with Gasteiger partial charge in [-0.25, -0.2) is 13.1 Å². The summed E-state index contributed by atoms with van der Waals surface area (Å²) in [6, 6.07) is 4.86. The van der Waals surface area contributed by atoms with Crippen LogP contribution >= 0.6 is 31.9 Å². The molecule has 0 saturated carbocycles. The van der Waals surface area contributed by atoms with E-state index in [0.29, 0.717) is 8.95 Å². The summed E-state index contributed by atoms with van der Waals surface area (Å²) in [5, 5.41) is 8.55. The van der Waals surface area contributed by atoms with Gasteiger partial charge in [-0.15, -0.1) is 0 Å². The Kier molecular flexibility index (Phi) is 4.72. The van der Waals surface area contributed by atoms with Crippen LogP contribution in [-0.4, -0.2) is 26.7 Å². The number of hydrogen-bond acceptors (Lipinski definition) is 3. The van der Waals surface area contributed by atoms with Crippen LogP contribution in [0, 0.1) is 0 Å². The van der Waals surface area contributed by atoms with Crippen molar-refractivity contribution in [1.82, 2.24) is 4.72 Å². The molecular formula is C8H9Br2NO3S. The summed E-state index contributed by atoms with van der Waals surface area (Å²) in [5.74, 6) is 0. The van der Waals surface area contributed by atoms with E-state index in [1.807, 2.05) is 0 Å². The Morgan fingerprint density at radius 1 is 1.33 bits per heavy atom. The van der Waals surface area contributed by atoms with Gasteiger partial charge in [0.2, 0.25) is 10.0 Å². The predicted octanol–water partition coefficient (Wildman–Crippen LogP) is 1.48. The zero-order chi connectivity index (χ0) is 11.5. The first kappa shape index (κ1) is 13.1. The van der Waals surface area contributed by atoms with E-state index in [0.717, 1.165) is 0 Å². The van der Waals surface area contributed by atoms with Gasteiger partial charge >= 0.3 is 0 Å². The number of hydrogen-bond donors (Lipinski definition) is 2. The minimum absolute atomic E-state index is 0.00128. The molecule has 0 saturated heterocycles. The fourth-order valence-corrected chi connectivity index (χ4v) is 3.46. The van der Waals surface area contributed by atoms with Crippen LogP contribution in [0.5, 0.6) is 0 Å². The second-order valence-corrected chi connectivity index (χ2v) is 6.20. The fourth-order valence-electron chi connectivity index (χ4n) is 0.941. The topological polar surface area (TPSA) is 66.4 Å². The molecule has 0 amide bonds. The monoisotopic (exact) mass is 357 g/mol. The highest BCUT2D eigenvalue weighted by Gasteiger charge is 2.16. The summed E-state index contributed by atoms with van der Waals surface area (Å²) < 4.78 is 26.8. The van der Waals surface area contributed by atoms with Gasteiger partial charge in [-0.3, -0.25) is 0 Å². The Balaban J connectivity index is 3.09. The van der Waals surface area contributed by atoms with Crippen LogP contribution in [0.25, 0.3) is 0 Å². The zero-order valence-electron chi connectivity index (χ0n) is 7.57. The van der Waals surface area contributed by atoms with Crippen molar-refractivity contribution in [3.05, 3.63) is 27.1 Å². The van der Waals surface area contributed by atoms with Crippen LogP contribution in [0.1, 0.15) is 0 Å². The van der Waals surface area contributed by atoms with Crippen molar-refractivity contribution in [3.8, 4) is 0 Å². The molecule has 0 heterocycles. The van der Waals surface area contributed by atoms with Gasteiger partial charge in [0.15, 0.2) is 0 Å². The first-order valence-electron chi connectivity index (χ1n) is 4.03. The second-order valence-electron chi connectivity index (χ2n) is 2.70. The largest absolute Gasteiger partial charge is 0.395 e. The van der Waals surface area contributed by atoms with Crippen molar-refractivity contribution < 1.29 is 13.5 Å². The summed E-state index contributed by atoms with van der Waals surface area (Å²) >= 11 is 6.35. The lowest BCUT2D eigenvalue weighted by Crippen LogP contribution is -2.26. The lowest BCUT2D eigenvalue weighted by atomic mass is 10.4. The minimum atomic E-state index is -3.56. The molecule has 84 valence electrons.